The van der Waals surface area contributed by atoms with Crippen molar-refractivity contribution in [3.8, 4) is 0 Å². The number of H-pyrrole nitrogens is 1. The number of aromatic nitrogens is 3. The molecule has 3 rings (SSSR count). The second-order valence-corrected chi connectivity index (χ2v) is 5.31. The van der Waals surface area contributed by atoms with E-state index in [0.29, 0.717) is 18.8 Å². The van der Waals surface area contributed by atoms with Gasteiger partial charge < -0.3 is 10.4 Å². The number of carboxylic acid groups (broad SMARTS) is 1. The zero-order valence-corrected chi connectivity index (χ0v) is 10.8. The van der Waals surface area contributed by atoms with E-state index >= 15 is 0 Å². The van der Waals surface area contributed by atoms with Gasteiger partial charge in [-0.05, 0) is 18.3 Å². The highest BCUT2D eigenvalue weighted by molar-refractivity contribution is 5.86. The smallest absolute Gasteiger partial charge is 0.307 e. The van der Waals surface area contributed by atoms with Crippen LogP contribution in [0.15, 0.2) is 18.5 Å². The summed E-state index contributed by atoms with van der Waals surface area (Å²) in [5, 5.41) is 18.5. The summed E-state index contributed by atoms with van der Waals surface area (Å²) in [6.45, 7) is 0.429. The largest absolute Gasteiger partial charge is 0.481 e. The minimum atomic E-state index is -0.878. The van der Waals surface area contributed by atoms with Gasteiger partial charge in [0.05, 0.1) is 11.8 Å². The zero-order chi connectivity index (χ0) is 14.1. The Morgan fingerprint density at radius 3 is 2.75 bits per heavy atom. The first-order chi connectivity index (χ1) is 9.66. The minimum absolute atomic E-state index is 0.00234. The predicted octanol–water partition coefficient (Wildman–Crippen LogP) is -0.0137. The van der Waals surface area contributed by atoms with Gasteiger partial charge in [-0.1, -0.05) is 12.2 Å². The van der Waals surface area contributed by atoms with E-state index in [4.69, 9.17) is 0 Å². The van der Waals surface area contributed by atoms with Crippen molar-refractivity contribution < 1.29 is 14.7 Å². The van der Waals surface area contributed by atoms with E-state index in [1.807, 2.05) is 12.2 Å². The molecular formula is C13H16N4O3. The van der Waals surface area contributed by atoms with E-state index in [1.165, 1.54) is 6.33 Å². The van der Waals surface area contributed by atoms with Crippen molar-refractivity contribution in [2.24, 2.45) is 23.7 Å². The summed E-state index contributed by atoms with van der Waals surface area (Å²) in [7, 11) is 0. The van der Waals surface area contributed by atoms with Crippen LogP contribution in [0, 0.1) is 23.7 Å². The molecule has 7 nitrogen and oxygen atoms in total. The molecule has 1 fully saturated rings. The average molecular weight is 276 g/mol. The number of carboxylic acids is 1. The molecule has 4 atom stereocenters. The van der Waals surface area contributed by atoms with Crippen LogP contribution in [0.5, 0.6) is 0 Å². The van der Waals surface area contributed by atoms with Crippen molar-refractivity contribution in [2.75, 3.05) is 6.54 Å². The SMILES string of the molecule is O=C(O)C1C2C=CC(C2)C1C(=O)NCCc1ncn[nH]1. The Hall–Kier alpha value is -2.18. The average Bonchev–Trinajstić information content (AvgIpc) is 3.13. The van der Waals surface area contributed by atoms with Crippen molar-refractivity contribution in [3.63, 3.8) is 0 Å². The van der Waals surface area contributed by atoms with Gasteiger partial charge in [0.15, 0.2) is 0 Å². The maximum absolute atomic E-state index is 12.2. The second-order valence-electron chi connectivity index (χ2n) is 5.31. The number of hydrogen-bond donors (Lipinski definition) is 3. The molecule has 1 heterocycles. The molecular weight excluding hydrogens is 260 g/mol. The molecule has 2 aliphatic carbocycles. The third-order valence-corrected chi connectivity index (χ3v) is 4.17. The Kier molecular flexibility index (Phi) is 3.25. The van der Waals surface area contributed by atoms with E-state index in [2.05, 4.69) is 20.5 Å². The first-order valence-corrected chi connectivity index (χ1v) is 6.70. The number of aromatic amines is 1. The van der Waals surface area contributed by atoms with Gasteiger partial charge in [-0.25, -0.2) is 4.98 Å². The van der Waals surface area contributed by atoms with Gasteiger partial charge in [0, 0.05) is 13.0 Å². The number of amides is 1. The van der Waals surface area contributed by atoms with E-state index < -0.39 is 17.8 Å². The fourth-order valence-corrected chi connectivity index (χ4v) is 3.29. The standard InChI is InChI=1S/C13H16N4O3/c18-12(14-4-3-9-15-6-16-17-9)10-7-1-2-8(5-7)11(10)13(19)20/h1-2,6-8,10-11H,3-5H2,(H,14,18)(H,19,20)(H,15,16,17). The lowest BCUT2D eigenvalue weighted by atomic mass is 9.82. The van der Waals surface area contributed by atoms with Crippen molar-refractivity contribution in [3.05, 3.63) is 24.3 Å². The molecule has 0 spiro atoms. The summed E-state index contributed by atoms with van der Waals surface area (Å²) >= 11 is 0. The van der Waals surface area contributed by atoms with E-state index in [9.17, 15) is 14.7 Å². The molecule has 1 amide bonds. The number of nitrogens with one attached hydrogen (secondary N) is 2. The summed E-state index contributed by atoms with van der Waals surface area (Å²) < 4.78 is 0. The maximum atomic E-state index is 12.2. The Morgan fingerprint density at radius 2 is 2.10 bits per heavy atom. The molecule has 0 saturated heterocycles. The molecule has 20 heavy (non-hydrogen) atoms. The van der Waals surface area contributed by atoms with Crippen LogP contribution < -0.4 is 5.32 Å². The number of carbonyl (C=O) groups is 2. The van der Waals surface area contributed by atoms with E-state index in [1.54, 1.807) is 0 Å². The van der Waals surface area contributed by atoms with Crippen LogP contribution in [0.25, 0.3) is 0 Å². The molecule has 1 aromatic rings. The molecule has 2 bridgehead atoms. The van der Waals surface area contributed by atoms with Gasteiger partial charge in [-0.3, -0.25) is 14.7 Å². The summed E-state index contributed by atoms with van der Waals surface area (Å²) in [5.41, 5.74) is 0. The van der Waals surface area contributed by atoms with Crippen LogP contribution in [0.4, 0.5) is 0 Å². The first kappa shape index (κ1) is 12.8. The molecule has 3 N–H and O–H groups in total. The predicted molar refractivity (Wildman–Crippen MR) is 68.4 cm³/mol. The lowest BCUT2D eigenvalue weighted by molar-refractivity contribution is -0.147. The van der Waals surface area contributed by atoms with Crippen molar-refractivity contribution in [1.82, 2.24) is 20.5 Å². The fourth-order valence-electron chi connectivity index (χ4n) is 3.29. The van der Waals surface area contributed by atoms with Crippen LogP contribution in [0.1, 0.15) is 12.2 Å². The summed E-state index contributed by atoms with van der Waals surface area (Å²) in [6, 6.07) is 0. The highest BCUT2D eigenvalue weighted by atomic mass is 16.4. The van der Waals surface area contributed by atoms with E-state index in [-0.39, 0.29) is 17.7 Å². The molecule has 1 aromatic heterocycles. The number of fused-ring (bicyclic) bond motifs is 2. The van der Waals surface area contributed by atoms with Gasteiger partial charge in [-0.2, -0.15) is 5.10 Å². The quantitative estimate of drug-likeness (QED) is 0.655. The number of hydrogen-bond acceptors (Lipinski definition) is 4. The Balaban J connectivity index is 1.59. The first-order valence-electron chi connectivity index (χ1n) is 6.70. The number of carbonyl (C=O) groups excluding carboxylic acids is 1. The monoisotopic (exact) mass is 276 g/mol. The number of aliphatic carboxylic acids is 1. The number of nitrogens with zero attached hydrogens (tertiary/aromatic N) is 2. The summed E-state index contributed by atoms with van der Waals surface area (Å²) in [4.78, 5) is 27.5. The van der Waals surface area contributed by atoms with Gasteiger partial charge in [0.1, 0.15) is 12.2 Å². The highest BCUT2D eigenvalue weighted by Gasteiger charge is 2.51. The molecule has 7 heteroatoms. The maximum Gasteiger partial charge on any atom is 0.307 e. The third-order valence-electron chi connectivity index (χ3n) is 4.17. The van der Waals surface area contributed by atoms with Crippen molar-refractivity contribution in [1.29, 1.82) is 0 Å². The van der Waals surface area contributed by atoms with Crippen LogP contribution in [0.3, 0.4) is 0 Å². The minimum Gasteiger partial charge on any atom is -0.481 e. The lowest BCUT2D eigenvalue weighted by Crippen LogP contribution is -2.40. The molecule has 4 unspecified atom stereocenters. The number of rotatable bonds is 5. The Morgan fingerprint density at radius 1 is 1.35 bits per heavy atom. The fraction of sp³-hybridized carbons (Fsp3) is 0.538. The highest BCUT2D eigenvalue weighted by Crippen LogP contribution is 2.48. The van der Waals surface area contributed by atoms with Crippen LogP contribution in [0.2, 0.25) is 0 Å². The molecule has 2 aliphatic rings. The Labute approximate surface area is 115 Å². The molecule has 0 radical (unpaired) electrons. The Bertz CT molecular complexity index is 540. The normalized spacial score (nSPS) is 30.6. The van der Waals surface area contributed by atoms with Gasteiger partial charge in [0.25, 0.3) is 0 Å². The van der Waals surface area contributed by atoms with Crippen LogP contribution >= 0.6 is 0 Å². The second kappa shape index (κ2) is 5.07. The van der Waals surface area contributed by atoms with Crippen LogP contribution in [-0.4, -0.2) is 38.7 Å². The molecule has 106 valence electrons. The summed E-state index contributed by atoms with van der Waals surface area (Å²) in [6.07, 6.45) is 6.65. The van der Waals surface area contributed by atoms with Gasteiger partial charge in [0.2, 0.25) is 5.91 Å². The van der Waals surface area contributed by atoms with E-state index in [0.717, 1.165) is 6.42 Å². The van der Waals surface area contributed by atoms with Gasteiger partial charge in [-0.15, -0.1) is 0 Å². The molecule has 0 aliphatic heterocycles. The number of allylic oxidation sites excluding steroid dienone is 2. The topological polar surface area (TPSA) is 108 Å². The van der Waals surface area contributed by atoms with Gasteiger partial charge >= 0.3 is 5.97 Å². The summed E-state index contributed by atoms with van der Waals surface area (Å²) in [5.74, 6) is -1.32. The third kappa shape index (κ3) is 2.19. The lowest BCUT2D eigenvalue weighted by Gasteiger charge is -2.23. The zero-order valence-electron chi connectivity index (χ0n) is 10.8. The van der Waals surface area contributed by atoms with Crippen LogP contribution in [-0.2, 0) is 16.0 Å². The molecule has 1 saturated carbocycles. The molecule has 0 aromatic carbocycles. The van der Waals surface area contributed by atoms with Crippen molar-refractivity contribution in [2.45, 2.75) is 12.8 Å². The van der Waals surface area contributed by atoms with Crippen molar-refractivity contribution >= 4 is 11.9 Å².